The van der Waals surface area contributed by atoms with Crippen molar-refractivity contribution in [1.82, 2.24) is 0 Å². The highest BCUT2D eigenvalue weighted by atomic mass is 16.7. The fourth-order valence-electron chi connectivity index (χ4n) is 3.05. The molecular weight excluding hydrogens is 396 g/mol. The summed E-state index contributed by atoms with van der Waals surface area (Å²) < 4.78 is 44.5. The molecule has 2 unspecified atom stereocenters. The third kappa shape index (κ3) is 5.57. The van der Waals surface area contributed by atoms with Gasteiger partial charge in [0.2, 0.25) is 5.90 Å². The van der Waals surface area contributed by atoms with E-state index in [1.54, 1.807) is 27.7 Å². The summed E-state index contributed by atoms with van der Waals surface area (Å²) in [5, 5.41) is 8.11. The van der Waals surface area contributed by atoms with Crippen molar-refractivity contribution in [2.45, 2.75) is 52.1 Å². The van der Waals surface area contributed by atoms with Gasteiger partial charge < -0.3 is 37.6 Å². The topological polar surface area (TPSA) is 115 Å². The van der Waals surface area contributed by atoms with E-state index >= 15 is 0 Å². The molecule has 2 heterocycles. The Bertz CT molecular complexity index is 541. The average molecular weight is 425 g/mol. The van der Waals surface area contributed by atoms with Crippen molar-refractivity contribution in [2.75, 3.05) is 26.4 Å². The minimum absolute atomic E-state index is 0.138. The van der Waals surface area contributed by atoms with Crippen LogP contribution in [0.4, 0.5) is 0 Å². The van der Waals surface area contributed by atoms with Gasteiger partial charge in [-0.25, -0.2) is 4.79 Å². The molecule has 0 radical (unpaired) electrons. The summed E-state index contributed by atoms with van der Waals surface area (Å²) in [6, 6.07) is 0. The van der Waals surface area contributed by atoms with Crippen molar-refractivity contribution in [3.63, 3.8) is 0 Å². The Labute approximate surface area is 177 Å². The molecule has 166 valence electrons. The number of rotatable bonds is 11. The quantitative estimate of drug-likeness (QED) is 0.172. The first kappa shape index (κ1) is 24.3. The maximum absolute atomic E-state index is 12.3. The lowest BCUT2D eigenvalue weighted by Gasteiger charge is -2.20. The van der Waals surface area contributed by atoms with Crippen molar-refractivity contribution in [1.29, 1.82) is 5.41 Å². The molecule has 12 heteroatoms. The summed E-state index contributed by atoms with van der Waals surface area (Å²) in [5.74, 6) is -0.242. The summed E-state index contributed by atoms with van der Waals surface area (Å²) in [7, 11) is -2.17. The molecule has 0 spiro atoms. The molecular formula is C18H29B2NO9. The average Bonchev–Trinajstić information content (AvgIpc) is 3.34. The van der Waals surface area contributed by atoms with Crippen LogP contribution in [0.25, 0.3) is 0 Å². The highest BCUT2D eigenvalue weighted by Crippen LogP contribution is 2.31. The molecule has 2 saturated heterocycles. The van der Waals surface area contributed by atoms with Gasteiger partial charge in [0.1, 0.15) is 23.7 Å². The first-order chi connectivity index (χ1) is 14.4. The molecule has 30 heavy (non-hydrogen) atoms. The van der Waals surface area contributed by atoms with Crippen LogP contribution in [-0.2, 0) is 42.4 Å². The summed E-state index contributed by atoms with van der Waals surface area (Å²) >= 11 is 0. The second-order valence-corrected chi connectivity index (χ2v) is 6.31. The van der Waals surface area contributed by atoms with E-state index in [0.717, 1.165) is 0 Å². The van der Waals surface area contributed by atoms with E-state index < -0.39 is 44.4 Å². The van der Waals surface area contributed by atoms with Gasteiger partial charge in [-0.15, -0.1) is 0 Å². The Hall–Kier alpha value is -2.01. The normalized spacial score (nSPS) is 25.7. The molecule has 2 aliphatic rings. The highest BCUT2D eigenvalue weighted by molar-refractivity contribution is 7.11. The van der Waals surface area contributed by atoms with Crippen molar-refractivity contribution in [3.05, 3.63) is 24.7 Å². The molecule has 0 amide bonds. The molecule has 2 fully saturated rings. The Morgan fingerprint density at radius 3 is 1.60 bits per heavy atom. The van der Waals surface area contributed by atoms with Crippen molar-refractivity contribution < 1.29 is 42.4 Å². The number of carbonyl (C=O) groups excluding carboxylic acids is 1. The Kier molecular flexibility index (Phi) is 9.22. The first-order valence-corrected chi connectivity index (χ1v) is 10.0. The van der Waals surface area contributed by atoms with E-state index in [1.165, 1.54) is 0 Å². The minimum Gasteiger partial charge on any atom is -0.496 e. The summed E-state index contributed by atoms with van der Waals surface area (Å²) in [6.07, 6.45) is -3.71. The lowest BCUT2D eigenvalue weighted by atomic mass is 9.49. The zero-order chi connectivity index (χ0) is 22.3. The van der Waals surface area contributed by atoms with Gasteiger partial charge in [0.05, 0.1) is 26.4 Å². The van der Waals surface area contributed by atoms with Gasteiger partial charge >= 0.3 is 20.0 Å². The van der Waals surface area contributed by atoms with Crippen LogP contribution >= 0.6 is 0 Å². The Morgan fingerprint density at radius 1 is 0.733 bits per heavy atom. The SMILES string of the molecule is C=C(OCC)C1OB(B2O[C@H](C(=N)OCC)[C@H](C(=C)OCC)O2)OC1C(=O)OCC. The Balaban J connectivity index is 2.18. The van der Waals surface area contributed by atoms with Crippen LogP contribution in [-0.4, -0.2) is 76.7 Å². The molecule has 0 saturated carbocycles. The van der Waals surface area contributed by atoms with Crippen LogP contribution in [0.5, 0.6) is 0 Å². The first-order valence-electron chi connectivity index (χ1n) is 10.0. The van der Waals surface area contributed by atoms with E-state index in [4.69, 9.17) is 43.0 Å². The second kappa shape index (κ2) is 11.4. The van der Waals surface area contributed by atoms with Crippen LogP contribution in [0.1, 0.15) is 27.7 Å². The van der Waals surface area contributed by atoms with E-state index in [2.05, 4.69) is 13.2 Å². The van der Waals surface area contributed by atoms with Gasteiger partial charge in [-0.3, -0.25) is 5.41 Å². The predicted octanol–water partition coefficient (Wildman–Crippen LogP) is 1.29. The van der Waals surface area contributed by atoms with Gasteiger partial charge in [-0.1, -0.05) is 13.2 Å². The molecule has 4 atom stereocenters. The van der Waals surface area contributed by atoms with E-state index in [1.807, 2.05) is 0 Å². The molecule has 0 bridgehead atoms. The van der Waals surface area contributed by atoms with Gasteiger partial charge in [0.15, 0.2) is 12.2 Å². The van der Waals surface area contributed by atoms with Gasteiger partial charge in [0.25, 0.3) is 0 Å². The monoisotopic (exact) mass is 425 g/mol. The predicted molar refractivity (Wildman–Crippen MR) is 109 cm³/mol. The number of carbonyl (C=O) groups is 1. The van der Waals surface area contributed by atoms with Gasteiger partial charge in [0, 0.05) is 0 Å². The number of hydrogen-bond donors (Lipinski definition) is 1. The third-order valence-corrected chi connectivity index (χ3v) is 4.27. The molecule has 2 rings (SSSR count). The smallest absolute Gasteiger partial charge is 0.489 e. The zero-order valence-electron chi connectivity index (χ0n) is 17.9. The number of esters is 1. The molecule has 0 aromatic carbocycles. The highest BCUT2D eigenvalue weighted by Gasteiger charge is 2.59. The number of hydrogen-bond acceptors (Lipinski definition) is 10. The van der Waals surface area contributed by atoms with Crippen molar-refractivity contribution in [2.24, 2.45) is 0 Å². The van der Waals surface area contributed by atoms with Crippen LogP contribution < -0.4 is 0 Å². The van der Waals surface area contributed by atoms with E-state index in [0.29, 0.717) is 13.2 Å². The molecule has 0 aromatic rings. The van der Waals surface area contributed by atoms with Crippen LogP contribution in [0.15, 0.2) is 24.7 Å². The summed E-state index contributed by atoms with van der Waals surface area (Å²) in [5.41, 5.74) is 0. The standard InChI is InChI=1S/C18H29B2NO9/c1-7-23-11(5)13-15(17(21)25-9-3)29-19(27-13)20-28-14(12(6)24-8-2)16(30-20)18(22)26-10-4/h13-16,21H,5-10H2,1-4H3/t13-,14?,15-,16?/m0/s1. The molecule has 1 N–H and O–H groups in total. The van der Waals surface area contributed by atoms with Crippen LogP contribution in [0, 0.1) is 5.41 Å². The van der Waals surface area contributed by atoms with Crippen molar-refractivity contribution >= 4 is 25.9 Å². The third-order valence-electron chi connectivity index (χ3n) is 4.27. The maximum Gasteiger partial charge on any atom is 0.489 e. The largest absolute Gasteiger partial charge is 0.496 e. The number of ether oxygens (including phenoxy) is 4. The lowest BCUT2D eigenvalue weighted by Crippen LogP contribution is -2.41. The molecule has 0 aromatic heterocycles. The maximum atomic E-state index is 12.3. The molecule has 10 nitrogen and oxygen atoms in total. The molecule has 2 aliphatic heterocycles. The van der Waals surface area contributed by atoms with E-state index in [9.17, 15) is 4.79 Å². The minimum atomic E-state index is -1.10. The van der Waals surface area contributed by atoms with Crippen molar-refractivity contribution in [3.8, 4) is 0 Å². The summed E-state index contributed by atoms with van der Waals surface area (Å²) in [6.45, 7) is 15.9. The fourth-order valence-corrected chi connectivity index (χ4v) is 3.05. The lowest BCUT2D eigenvalue weighted by molar-refractivity contribution is -0.152. The van der Waals surface area contributed by atoms with Gasteiger partial charge in [-0.2, -0.15) is 0 Å². The summed E-state index contributed by atoms with van der Waals surface area (Å²) in [4.78, 5) is 12.3. The number of nitrogens with one attached hydrogen (secondary N) is 1. The molecule has 0 aliphatic carbocycles. The van der Waals surface area contributed by atoms with Gasteiger partial charge in [-0.05, 0) is 27.7 Å². The van der Waals surface area contributed by atoms with Crippen LogP contribution in [0.2, 0.25) is 0 Å². The second-order valence-electron chi connectivity index (χ2n) is 6.31. The Morgan fingerprint density at radius 2 is 1.13 bits per heavy atom. The zero-order valence-corrected chi connectivity index (χ0v) is 17.9. The fraction of sp³-hybridized carbons (Fsp3) is 0.667. The van der Waals surface area contributed by atoms with E-state index in [-0.39, 0.29) is 30.6 Å². The van der Waals surface area contributed by atoms with Crippen LogP contribution in [0.3, 0.4) is 0 Å².